The Morgan fingerprint density at radius 1 is 1.15 bits per heavy atom. The summed E-state index contributed by atoms with van der Waals surface area (Å²) in [6.45, 7) is 4.10. The van der Waals surface area contributed by atoms with Crippen molar-refractivity contribution in [3.63, 3.8) is 0 Å². The average Bonchev–Trinajstić information content (AvgIpc) is 2.40. The summed E-state index contributed by atoms with van der Waals surface area (Å²) < 4.78 is 7.63. The van der Waals surface area contributed by atoms with Crippen molar-refractivity contribution in [3.05, 3.63) is 60.6 Å². The summed E-state index contributed by atoms with van der Waals surface area (Å²) in [7, 11) is 1.70. The number of methoxy groups -OCH3 is 1. The Bertz CT molecular complexity index is 619. The smallest absolute Gasteiger partial charge is 0.124 e. The van der Waals surface area contributed by atoms with Gasteiger partial charge in [0.05, 0.1) is 13.2 Å². The summed E-state index contributed by atoms with van der Waals surface area (Å²) >= 11 is 5.83. The van der Waals surface area contributed by atoms with Crippen molar-refractivity contribution in [3.8, 4) is 5.75 Å². The topological polar surface area (TPSA) is 35.2 Å². The molecule has 2 nitrogen and oxygen atoms in total. The van der Waals surface area contributed by atoms with E-state index in [-0.39, 0.29) is 6.04 Å². The van der Waals surface area contributed by atoms with Gasteiger partial charge in [0.25, 0.3) is 0 Å². The van der Waals surface area contributed by atoms with Crippen LogP contribution >= 0.6 is 38.5 Å². The molecule has 0 aliphatic heterocycles. The van der Waals surface area contributed by atoms with Crippen molar-refractivity contribution >= 4 is 38.5 Å². The first-order valence-corrected chi connectivity index (χ1v) is 8.17. The summed E-state index contributed by atoms with van der Waals surface area (Å²) in [5.74, 6) is 0.935. The van der Waals surface area contributed by atoms with Crippen LogP contribution in [0.3, 0.4) is 0 Å². The van der Waals surface area contributed by atoms with E-state index >= 15 is 0 Å². The standard InChI is InChI=1S/C16H17BrINO/c1-9-6-11(7-10(2)16(9)20-3)15(19)13-8-12(17)4-5-14(13)18/h4-8,15H,19H2,1-3H3. The van der Waals surface area contributed by atoms with Gasteiger partial charge >= 0.3 is 0 Å². The van der Waals surface area contributed by atoms with Crippen LogP contribution in [0.2, 0.25) is 0 Å². The van der Waals surface area contributed by atoms with Crippen LogP contribution in [0.15, 0.2) is 34.8 Å². The third-order valence-electron chi connectivity index (χ3n) is 3.34. The van der Waals surface area contributed by atoms with Crippen molar-refractivity contribution in [1.82, 2.24) is 0 Å². The highest BCUT2D eigenvalue weighted by Crippen LogP contribution is 2.31. The zero-order chi connectivity index (χ0) is 14.9. The lowest BCUT2D eigenvalue weighted by Crippen LogP contribution is -2.14. The number of ether oxygens (including phenoxy) is 1. The molecule has 2 aromatic carbocycles. The first-order valence-electron chi connectivity index (χ1n) is 6.29. The zero-order valence-corrected chi connectivity index (χ0v) is 15.4. The molecule has 0 saturated heterocycles. The third kappa shape index (κ3) is 3.18. The van der Waals surface area contributed by atoms with Crippen molar-refractivity contribution < 1.29 is 4.74 Å². The average molecular weight is 446 g/mol. The summed E-state index contributed by atoms with van der Waals surface area (Å²) in [5.41, 5.74) is 10.9. The van der Waals surface area contributed by atoms with Crippen molar-refractivity contribution in [2.24, 2.45) is 5.73 Å². The fraction of sp³-hybridized carbons (Fsp3) is 0.250. The van der Waals surface area contributed by atoms with E-state index in [1.807, 2.05) is 19.9 Å². The van der Waals surface area contributed by atoms with Gasteiger partial charge in [0.2, 0.25) is 0 Å². The van der Waals surface area contributed by atoms with Gasteiger partial charge in [0.1, 0.15) is 5.75 Å². The SMILES string of the molecule is COc1c(C)cc(C(N)c2cc(Br)ccc2I)cc1C. The van der Waals surface area contributed by atoms with E-state index in [0.29, 0.717) is 0 Å². The highest BCUT2D eigenvalue weighted by molar-refractivity contribution is 14.1. The Kier molecular flexibility index (Phi) is 5.09. The number of rotatable bonds is 3. The second-order valence-corrected chi connectivity index (χ2v) is 6.91. The largest absolute Gasteiger partial charge is 0.496 e. The minimum atomic E-state index is -0.136. The monoisotopic (exact) mass is 445 g/mol. The molecule has 0 heterocycles. The van der Waals surface area contributed by atoms with Gasteiger partial charge in [-0.2, -0.15) is 0 Å². The maximum atomic E-state index is 6.45. The molecule has 1 unspecified atom stereocenters. The Hall–Kier alpha value is -0.590. The fourth-order valence-electron chi connectivity index (χ4n) is 2.42. The van der Waals surface area contributed by atoms with E-state index in [0.717, 1.165) is 32.5 Å². The van der Waals surface area contributed by atoms with E-state index in [1.165, 1.54) is 3.57 Å². The molecule has 4 heteroatoms. The molecule has 0 radical (unpaired) electrons. The fourth-order valence-corrected chi connectivity index (χ4v) is 3.47. The maximum absolute atomic E-state index is 6.45. The molecular formula is C16H17BrINO. The Balaban J connectivity index is 2.48. The normalized spacial score (nSPS) is 12.3. The maximum Gasteiger partial charge on any atom is 0.124 e. The van der Waals surface area contributed by atoms with E-state index in [2.05, 4.69) is 62.8 Å². The van der Waals surface area contributed by atoms with Crippen LogP contribution in [0.4, 0.5) is 0 Å². The minimum absolute atomic E-state index is 0.136. The van der Waals surface area contributed by atoms with Crippen molar-refractivity contribution in [2.75, 3.05) is 7.11 Å². The number of aryl methyl sites for hydroxylation is 2. The molecule has 0 aliphatic carbocycles. The summed E-state index contributed by atoms with van der Waals surface area (Å²) in [6, 6.07) is 10.3. The lowest BCUT2D eigenvalue weighted by Gasteiger charge is -2.18. The summed E-state index contributed by atoms with van der Waals surface area (Å²) in [4.78, 5) is 0. The highest BCUT2D eigenvalue weighted by Gasteiger charge is 2.15. The first-order chi connectivity index (χ1) is 9.43. The van der Waals surface area contributed by atoms with Crippen LogP contribution < -0.4 is 10.5 Å². The zero-order valence-electron chi connectivity index (χ0n) is 11.7. The Morgan fingerprint density at radius 3 is 2.30 bits per heavy atom. The quantitative estimate of drug-likeness (QED) is 0.693. The molecule has 0 spiro atoms. The van der Waals surface area contributed by atoms with E-state index in [4.69, 9.17) is 10.5 Å². The van der Waals surface area contributed by atoms with Crippen LogP contribution in [0.5, 0.6) is 5.75 Å². The van der Waals surface area contributed by atoms with Gasteiger partial charge in [0.15, 0.2) is 0 Å². The lowest BCUT2D eigenvalue weighted by molar-refractivity contribution is 0.408. The van der Waals surface area contributed by atoms with E-state index < -0.39 is 0 Å². The molecule has 106 valence electrons. The molecule has 0 bridgehead atoms. The van der Waals surface area contributed by atoms with Gasteiger partial charge < -0.3 is 10.5 Å². The van der Waals surface area contributed by atoms with Crippen LogP contribution in [0, 0.1) is 17.4 Å². The van der Waals surface area contributed by atoms with Gasteiger partial charge in [-0.3, -0.25) is 0 Å². The van der Waals surface area contributed by atoms with E-state index in [1.54, 1.807) is 7.11 Å². The minimum Gasteiger partial charge on any atom is -0.496 e. The molecule has 20 heavy (non-hydrogen) atoms. The predicted molar refractivity (Wildman–Crippen MR) is 95.4 cm³/mol. The highest BCUT2D eigenvalue weighted by atomic mass is 127. The molecule has 0 fully saturated rings. The van der Waals surface area contributed by atoms with Crippen LogP contribution in [-0.4, -0.2) is 7.11 Å². The van der Waals surface area contributed by atoms with Gasteiger partial charge in [0, 0.05) is 8.04 Å². The Morgan fingerprint density at radius 2 is 1.75 bits per heavy atom. The molecule has 0 amide bonds. The molecular weight excluding hydrogens is 429 g/mol. The van der Waals surface area contributed by atoms with Crippen LogP contribution in [-0.2, 0) is 0 Å². The number of halogens is 2. The Labute approximate surface area is 142 Å². The summed E-state index contributed by atoms with van der Waals surface area (Å²) in [5, 5.41) is 0. The van der Waals surface area contributed by atoms with Crippen LogP contribution in [0.1, 0.15) is 28.3 Å². The number of nitrogens with two attached hydrogens (primary N) is 1. The predicted octanol–water partition coefficient (Wildman–Crippen LogP) is 4.73. The summed E-state index contributed by atoms with van der Waals surface area (Å²) in [6.07, 6.45) is 0. The second-order valence-electron chi connectivity index (χ2n) is 4.83. The van der Waals surface area contributed by atoms with Crippen LogP contribution in [0.25, 0.3) is 0 Å². The lowest BCUT2D eigenvalue weighted by atomic mass is 9.96. The van der Waals surface area contributed by atoms with Crippen molar-refractivity contribution in [1.29, 1.82) is 0 Å². The van der Waals surface area contributed by atoms with Crippen molar-refractivity contribution in [2.45, 2.75) is 19.9 Å². The first kappa shape index (κ1) is 15.8. The van der Waals surface area contributed by atoms with Gasteiger partial charge in [-0.15, -0.1) is 0 Å². The third-order valence-corrected chi connectivity index (χ3v) is 4.81. The molecule has 0 saturated carbocycles. The molecule has 2 rings (SSSR count). The molecule has 2 aromatic rings. The molecule has 0 aliphatic rings. The van der Waals surface area contributed by atoms with Gasteiger partial charge in [-0.05, 0) is 76.9 Å². The molecule has 1 atom stereocenters. The number of hydrogen-bond acceptors (Lipinski definition) is 2. The van der Waals surface area contributed by atoms with Gasteiger partial charge in [-0.25, -0.2) is 0 Å². The number of benzene rings is 2. The number of hydrogen-bond donors (Lipinski definition) is 1. The van der Waals surface area contributed by atoms with E-state index in [9.17, 15) is 0 Å². The molecule has 0 aromatic heterocycles. The van der Waals surface area contributed by atoms with Gasteiger partial charge in [-0.1, -0.05) is 28.1 Å². The molecule has 2 N–H and O–H groups in total. The second kappa shape index (κ2) is 6.45.